The summed E-state index contributed by atoms with van der Waals surface area (Å²) in [5.41, 5.74) is 7.79. The van der Waals surface area contributed by atoms with Crippen LogP contribution in [0.5, 0.6) is 0 Å². The molecule has 0 radical (unpaired) electrons. The van der Waals surface area contributed by atoms with Crippen LogP contribution < -0.4 is 11.1 Å². The quantitative estimate of drug-likeness (QED) is 0.720. The summed E-state index contributed by atoms with van der Waals surface area (Å²) in [7, 11) is 0. The molecule has 1 amide bonds. The first-order valence-electron chi connectivity index (χ1n) is 6.51. The Hall–Kier alpha value is -2.79. The van der Waals surface area contributed by atoms with E-state index in [9.17, 15) is 4.79 Å². The molecule has 3 aromatic rings. The molecular formula is C16H12ClN3O2. The first-order chi connectivity index (χ1) is 10.6. The zero-order valence-electron chi connectivity index (χ0n) is 11.4. The van der Waals surface area contributed by atoms with Gasteiger partial charge in [-0.3, -0.25) is 4.79 Å². The van der Waals surface area contributed by atoms with Gasteiger partial charge < -0.3 is 15.5 Å². The zero-order valence-corrected chi connectivity index (χ0v) is 12.2. The monoisotopic (exact) mass is 313 g/mol. The van der Waals surface area contributed by atoms with Gasteiger partial charge >= 0.3 is 0 Å². The van der Waals surface area contributed by atoms with E-state index < -0.39 is 0 Å². The van der Waals surface area contributed by atoms with Gasteiger partial charge in [-0.25, -0.2) is 4.98 Å². The van der Waals surface area contributed by atoms with Gasteiger partial charge in [0.05, 0.1) is 5.56 Å². The number of amides is 1. The van der Waals surface area contributed by atoms with Crippen molar-refractivity contribution < 1.29 is 9.21 Å². The van der Waals surface area contributed by atoms with E-state index in [1.54, 1.807) is 36.4 Å². The smallest absolute Gasteiger partial charge is 0.277 e. The molecular weight excluding hydrogens is 302 g/mol. The first-order valence-corrected chi connectivity index (χ1v) is 6.88. The number of halogens is 1. The van der Waals surface area contributed by atoms with E-state index in [-0.39, 0.29) is 11.6 Å². The van der Waals surface area contributed by atoms with Crippen molar-refractivity contribution in [3.8, 4) is 11.5 Å². The lowest BCUT2D eigenvalue weighted by Crippen LogP contribution is -2.12. The van der Waals surface area contributed by atoms with Gasteiger partial charge in [0.1, 0.15) is 6.26 Å². The molecule has 6 heteroatoms. The minimum absolute atomic E-state index is 0.165. The van der Waals surface area contributed by atoms with Crippen LogP contribution in [0.4, 0.5) is 11.4 Å². The predicted molar refractivity (Wildman–Crippen MR) is 85.8 cm³/mol. The maximum Gasteiger partial charge on any atom is 0.277 e. The average molecular weight is 314 g/mol. The van der Waals surface area contributed by atoms with Crippen LogP contribution >= 0.6 is 11.6 Å². The van der Waals surface area contributed by atoms with Gasteiger partial charge in [-0.15, -0.1) is 0 Å². The van der Waals surface area contributed by atoms with Crippen LogP contribution in [-0.2, 0) is 0 Å². The Bertz CT molecular complexity index is 830. The van der Waals surface area contributed by atoms with Crippen LogP contribution in [0.25, 0.3) is 11.5 Å². The normalized spacial score (nSPS) is 10.4. The Morgan fingerprint density at radius 2 is 2.00 bits per heavy atom. The summed E-state index contributed by atoms with van der Waals surface area (Å²) in [6.45, 7) is 0. The summed E-state index contributed by atoms with van der Waals surface area (Å²) in [6.07, 6.45) is 1.29. The van der Waals surface area contributed by atoms with Crippen molar-refractivity contribution in [3.05, 3.63) is 65.5 Å². The Morgan fingerprint density at radius 1 is 1.18 bits per heavy atom. The van der Waals surface area contributed by atoms with Crippen LogP contribution in [0, 0.1) is 0 Å². The lowest BCUT2D eigenvalue weighted by Gasteiger charge is -2.02. The maximum absolute atomic E-state index is 12.1. The molecule has 0 saturated carbocycles. The second-order valence-corrected chi connectivity index (χ2v) is 5.03. The van der Waals surface area contributed by atoms with Gasteiger partial charge in [-0.05, 0) is 30.3 Å². The minimum Gasteiger partial charge on any atom is -0.444 e. The third-order valence-corrected chi connectivity index (χ3v) is 3.25. The number of aromatic nitrogens is 1. The fourth-order valence-corrected chi connectivity index (χ4v) is 2.15. The molecule has 1 heterocycles. The number of carbonyl (C=O) groups is 1. The number of para-hydroxylation sites is 1. The van der Waals surface area contributed by atoms with Gasteiger partial charge in [0.15, 0.2) is 5.69 Å². The summed E-state index contributed by atoms with van der Waals surface area (Å²) in [5, 5.41) is 3.24. The summed E-state index contributed by atoms with van der Waals surface area (Å²) in [6, 6.07) is 14.0. The lowest BCUT2D eigenvalue weighted by atomic mass is 10.2. The number of nitrogens with zero attached hydrogens (tertiary/aromatic N) is 1. The van der Waals surface area contributed by atoms with Crippen LogP contribution in [0.15, 0.2) is 59.2 Å². The summed E-state index contributed by atoms with van der Waals surface area (Å²) < 4.78 is 5.34. The van der Waals surface area contributed by atoms with E-state index >= 15 is 0 Å². The molecule has 0 aliphatic heterocycles. The van der Waals surface area contributed by atoms with Crippen molar-refractivity contribution in [1.29, 1.82) is 0 Å². The van der Waals surface area contributed by atoms with Gasteiger partial charge in [-0.2, -0.15) is 0 Å². The van der Waals surface area contributed by atoms with Gasteiger partial charge in [0.25, 0.3) is 5.91 Å². The van der Waals surface area contributed by atoms with Gasteiger partial charge in [-0.1, -0.05) is 29.8 Å². The molecule has 0 spiro atoms. The second kappa shape index (κ2) is 5.91. The number of hydrogen-bond acceptors (Lipinski definition) is 4. The molecule has 3 N–H and O–H groups in total. The highest BCUT2D eigenvalue weighted by atomic mass is 35.5. The number of benzene rings is 2. The molecule has 22 heavy (non-hydrogen) atoms. The average Bonchev–Trinajstić information content (AvgIpc) is 2.97. The highest BCUT2D eigenvalue weighted by molar-refractivity contribution is 6.30. The van der Waals surface area contributed by atoms with Crippen molar-refractivity contribution in [1.82, 2.24) is 4.98 Å². The van der Waals surface area contributed by atoms with Crippen molar-refractivity contribution in [2.24, 2.45) is 0 Å². The fraction of sp³-hybridized carbons (Fsp3) is 0. The Balaban J connectivity index is 1.82. The SMILES string of the molecule is Nc1ccccc1-c1nc(C(=O)Nc2cccc(Cl)c2)co1. The highest BCUT2D eigenvalue weighted by Crippen LogP contribution is 2.25. The number of hydrogen-bond donors (Lipinski definition) is 2. The number of rotatable bonds is 3. The topological polar surface area (TPSA) is 81.1 Å². The van der Waals surface area contributed by atoms with E-state index in [1.165, 1.54) is 6.26 Å². The van der Waals surface area contributed by atoms with Crippen LogP contribution in [0.1, 0.15) is 10.5 Å². The molecule has 0 bridgehead atoms. The zero-order chi connectivity index (χ0) is 15.5. The van der Waals surface area contributed by atoms with E-state index in [1.807, 2.05) is 12.1 Å². The molecule has 0 unspecified atom stereocenters. The summed E-state index contributed by atoms with van der Waals surface area (Å²) >= 11 is 5.88. The standard InChI is InChI=1S/C16H12ClN3O2/c17-10-4-3-5-11(8-10)19-15(21)14-9-22-16(20-14)12-6-1-2-7-13(12)18/h1-9H,18H2,(H,19,21). The molecule has 1 aromatic heterocycles. The number of nitrogens with one attached hydrogen (secondary N) is 1. The van der Waals surface area contributed by atoms with Gasteiger partial charge in [0, 0.05) is 16.4 Å². The predicted octanol–water partition coefficient (Wildman–Crippen LogP) is 3.83. The molecule has 5 nitrogen and oxygen atoms in total. The second-order valence-electron chi connectivity index (χ2n) is 4.59. The van der Waals surface area contributed by atoms with E-state index in [4.69, 9.17) is 21.8 Å². The van der Waals surface area contributed by atoms with E-state index in [0.717, 1.165) is 0 Å². The molecule has 0 fully saturated rings. The lowest BCUT2D eigenvalue weighted by molar-refractivity contribution is 0.102. The minimum atomic E-state index is -0.383. The van der Waals surface area contributed by atoms with Crippen LogP contribution in [0.2, 0.25) is 5.02 Å². The molecule has 0 atom stereocenters. The summed E-state index contributed by atoms with van der Waals surface area (Å²) in [4.78, 5) is 16.3. The van der Waals surface area contributed by atoms with E-state index in [0.29, 0.717) is 27.9 Å². The number of oxazole rings is 1. The van der Waals surface area contributed by atoms with Crippen molar-refractivity contribution in [2.45, 2.75) is 0 Å². The molecule has 0 saturated heterocycles. The Labute approximate surface area is 131 Å². The molecule has 3 rings (SSSR count). The maximum atomic E-state index is 12.1. The van der Waals surface area contributed by atoms with Crippen LogP contribution in [-0.4, -0.2) is 10.9 Å². The fourth-order valence-electron chi connectivity index (χ4n) is 1.95. The molecule has 0 aliphatic rings. The Kier molecular flexibility index (Phi) is 3.80. The largest absolute Gasteiger partial charge is 0.444 e. The van der Waals surface area contributed by atoms with Crippen LogP contribution in [0.3, 0.4) is 0 Å². The first kappa shape index (κ1) is 14.2. The number of carbonyl (C=O) groups excluding carboxylic acids is 1. The third-order valence-electron chi connectivity index (χ3n) is 3.01. The van der Waals surface area contributed by atoms with Crippen molar-refractivity contribution >= 4 is 28.9 Å². The molecule has 0 aliphatic carbocycles. The molecule has 2 aromatic carbocycles. The Morgan fingerprint density at radius 3 is 2.77 bits per heavy atom. The van der Waals surface area contributed by atoms with Crippen molar-refractivity contribution in [2.75, 3.05) is 11.1 Å². The highest BCUT2D eigenvalue weighted by Gasteiger charge is 2.15. The summed E-state index contributed by atoms with van der Waals surface area (Å²) in [5.74, 6) is -0.0823. The van der Waals surface area contributed by atoms with Gasteiger partial charge in [0.2, 0.25) is 5.89 Å². The molecule has 110 valence electrons. The number of anilines is 2. The third kappa shape index (κ3) is 2.94. The van der Waals surface area contributed by atoms with Crippen molar-refractivity contribution in [3.63, 3.8) is 0 Å². The van der Waals surface area contributed by atoms with E-state index in [2.05, 4.69) is 10.3 Å². The number of nitrogen functional groups attached to an aromatic ring is 1. The number of nitrogens with two attached hydrogens (primary N) is 1.